The van der Waals surface area contributed by atoms with Gasteiger partial charge in [0.25, 0.3) is 5.56 Å². The van der Waals surface area contributed by atoms with Crippen molar-refractivity contribution < 1.29 is 4.42 Å². The highest BCUT2D eigenvalue weighted by Gasteiger charge is 2.10. The number of para-hydroxylation sites is 3. The number of hydrogen-bond donors (Lipinski definition) is 1. The van der Waals surface area contributed by atoms with Crippen molar-refractivity contribution in [3.63, 3.8) is 0 Å². The van der Waals surface area contributed by atoms with Crippen molar-refractivity contribution in [3.05, 3.63) is 70.6 Å². The summed E-state index contributed by atoms with van der Waals surface area (Å²) in [6.45, 7) is 1.03. The van der Waals surface area contributed by atoms with E-state index in [1.54, 1.807) is 6.07 Å². The first-order chi connectivity index (χ1) is 11.7. The maximum atomic E-state index is 12.1. The smallest absolute Gasteiger partial charge is 0.258 e. The minimum absolute atomic E-state index is 0.120. The second kappa shape index (κ2) is 5.90. The quantitative estimate of drug-likeness (QED) is 0.626. The van der Waals surface area contributed by atoms with E-state index >= 15 is 0 Å². The van der Waals surface area contributed by atoms with Crippen LogP contribution in [-0.4, -0.2) is 26.9 Å². The summed E-state index contributed by atoms with van der Waals surface area (Å²) < 4.78 is 5.73. The lowest BCUT2D eigenvalue weighted by Crippen LogP contribution is -2.22. The molecule has 0 fully saturated rings. The monoisotopic (exact) mass is 320 g/mol. The SMILES string of the molecule is CN(Cc1nc2ccccc2c(=O)[nH]1)Cc1nc2ccccc2o1. The first kappa shape index (κ1) is 14.6. The summed E-state index contributed by atoms with van der Waals surface area (Å²) in [5.41, 5.74) is 2.20. The van der Waals surface area contributed by atoms with Crippen LogP contribution in [0.3, 0.4) is 0 Å². The van der Waals surface area contributed by atoms with E-state index in [-0.39, 0.29) is 5.56 Å². The molecular formula is C18H16N4O2. The number of nitrogens with one attached hydrogen (secondary N) is 1. The van der Waals surface area contributed by atoms with E-state index in [0.717, 1.165) is 11.1 Å². The van der Waals surface area contributed by atoms with E-state index in [1.807, 2.05) is 54.4 Å². The van der Waals surface area contributed by atoms with Crippen molar-refractivity contribution in [1.82, 2.24) is 19.9 Å². The Labute approximate surface area is 137 Å². The van der Waals surface area contributed by atoms with Gasteiger partial charge in [-0.2, -0.15) is 0 Å². The van der Waals surface area contributed by atoms with Crippen LogP contribution < -0.4 is 5.56 Å². The summed E-state index contributed by atoms with van der Waals surface area (Å²) in [5, 5.41) is 0.600. The van der Waals surface area contributed by atoms with Gasteiger partial charge in [-0.1, -0.05) is 24.3 Å². The Kier molecular flexibility index (Phi) is 3.59. The van der Waals surface area contributed by atoms with Gasteiger partial charge in [0.15, 0.2) is 5.58 Å². The fraction of sp³-hybridized carbons (Fsp3) is 0.167. The van der Waals surface area contributed by atoms with Crippen LogP contribution >= 0.6 is 0 Å². The zero-order valence-corrected chi connectivity index (χ0v) is 13.2. The van der Waals surface area contributed by atoms with Gasteiger partial charge in [-0.15, -0.1) is 0 Å². The zero-order valence-electron chi connectivity index (χ0n) is 13.2. The van der Waals surface area contributed by atoms with Crippen LogP contribution in [0, 0.1) is 0 Å². The summed E-state index contributed by atoms with van der Waals surface area (Å²) >= 11 is 0. The van der Waals surface area contributed by atoms with Crippen molar-refractivity contribution in [2.75, 3.05) is 7.05 Å². The molecule has 0 saturated carbocycles. The summed E-state index contributed by atoms with van der Waals surface area (Å²) in [6.07, 6.45) is 0. The molecule has 0 aliphatic heterocycles. The second-order valence-electron chi connectivity index (χ2n) is 5.78. The van der Waals surface area contributed by atoms with Crippen LogP contribution in [0.4, 0.5) is 0 Å². The third kappa shape index (κ3) is 2.79. The molecule has 120 valence electrons. The number of aromatic nitrogens is 3. The fourth-order valence-electron chi connectivity index (χ4n) is 2.74. The molecule has 0 bridgehead atoms. The van der Waals surface area contributed by atoms with Crippen LogP contribution in [0.1, 0.15) is 11.7 Å². The van der Waals surface area contributed by atoms with Gasteiger partial charge in [0.1, 0.15) is 11.3 Å². The Morgan fingerprint density at radius 1 is 1.00 bits per heavy atom. The lowest BCUT2D eigenvalue weighted by Gasteiger charge is -2.13. The minimum Gasteiger partial charge on any atom is -0.439 e. The van der Waals surface area contributed by atoms with E-state index < -0.39 is 0 Å². The third-order valence-electron chi connectivity index (χ3n) is 3.82. The van der Waals surface area contributed by atoms with Crippen molar-refractivity contribution in [1.29, 1.82) is 0 Å². The Morgan fingerprint density at radius 3 is 2.58 bits per heavy atom. The molecule has 2 heterocycles. The molecule has 1 N–H and O–H groups in total. The van der Waals surface area contributed by atoms with Gasteiger partial charge < -0.3 is 9.40 Å². The predicted molar refractivity (Wildman–Crippen MR) is 91.5 cm³/mol. The molecule has 0 atom stereocenters. The summed E-state index contributed by atoms with van der Waals surface area (Å²) in [4.78, 5) is 25.9. The highest BCUT2D eigenvalue weighted by Crippen LogP contribution is 2.16. The molecule has 0 radical (unpaired) electrons. The highest BCUT2D eigenvalue weighted by atomic mass is 16.3. The number of fused-ring (bicyclic) bond motifs is 2. The average molecular weight is 320 g/mol. The number of nitrogens with zero attached hydrogens (tertiary/aromatic N) is 3. The summed E-state index contributed by atoms with van der Waals surface area (Å²) in [6, 6.07) is 15.0. The van der Waals surface area contributed by atoms with Crippen LogP contribution in [0.15, 0.2) is 57.7 Å². The first-order valence-corrected chi connectivity index (χ1v) is 7.70. The zero-order chi connectivity index (χ0) is 16.5. The topological polar surface area (TPSA) is 75.0 Å². The molecule has 4 aromatic rings. The van der Waals surface area contributed by atoms with Crippen LogP contribution in [0.25, 0.3) is 22.0 Å². The molecule has 4 rings (SSSR count). The second-order valence-corrected chi connectivity index (χ2v) is 5.78. The van der Waals surface area contributed by atoms with Crippen molar-refractivity contribution >= 4 is 22.0 Å². The summed E-state index contributed by atoms with van der Waals surface area (Å²) in [7, 11) is 1.93. The Balaban J connectivity index is 1.55. The lowest BCUT2D eigenvalue weighted by atomic mass is 10.2. The molecule has 6 nitrogen and oxygen atoms in total. The predicted octanol–water partition coefficient (Wildman–Crippen LogP) is 2.70. The maximum Gasteiger partial charge on any atom is 0.258 e. The van der Waals surface area contributed by atoms with Crippen molar-refractivity contribution in [2.24, 2.45) is 0 Å². The Morgan fingerprint density at radius 2 is 1.75 bits per heavy atom. The first-order valence-electron chi connectivity index (χ1n) is 7.70. The van der Waals surface area contributed by atoms with E-state index in [4.69, 9.17) is 4.42 Å². The molecule has 2 aromatic heterocycles. The molecule has 0 amide bonds. The van der Waals surface area contributed by atoms with Gasteiger partial charge in [0.05, 0.1) is 24.0 Å². The van der Waals surface area contributed by atoms with Crippen LogP contribution in [-0.2, 0) is 13.1 Å². The number of benzene rings is 2. The molecule has 0 aliphatic rings. The lowest BCUT2D eigenvalue weighted by molar-refractivity contribution is 0.279. The van der Waals surface area contributed by atoms with Crippen LogP contribution in [0.5, 0.6) is 0 Å². The van der Waals surface area contributed by atoms with Gasteiger partial charge in [0.2, 0.25) is 5.89 Å². The van der Waals surface area contributed by atoms with Gasteiger partial charge in [-0.05, 0) is 31.3 Å². The number of rotatable bonds is 4. The molecule has 24 heavy (non-hydrogen) atoms. The van der Waals surface area contributed by atoms with Gasteiger partial charge in [-0.25, -0.2) is 9.97 Å². The normalized spacial score (nSPS) is 11.6. The van der Waals surface area contributed by atoms with E-state index in [1.165, 1.54) is 0 Å². The van der Waals surface area contributed by atoms with Crippen molar-refractivity contribution in [3.8, 4) is 0 Å². The molecule has 0 saturated heterocycles. The van der Waals surface area contributed by atoms with Crippen molar-refractivity contribution in [2.45, 2.75) is 13.1 Å². The third-order valence-corrected chi connectivity index (χ3v) is 3.82. The number of aromatic amines is 1. The number of oxazole rings is 1. The van der Waals surface area contributed by atoms with Gasteiger partial charge in [-0.3, -0.25) is 9.69 Å². The highest BCUT2D eigenvalue weighted by molar-refractivity contribution is 5.77. The Hall–Kier alpha value is -2.99. The molecule has 2 aromatic carbocycles. The molecular weight excluding hydrogens is 304 g/mol. The van der Waals surface area contributed by atoms with E-state index in [2.05, 4.69) is 15.0 Å². The average Bonchev–Trinajstić information content (AvgIpc) is 2.96. The largest absolute Gasteiger partial charge is 0.439 e. The van der Waals surface area contributed by atoms with E-state index in [9.17, 15) is 4.79 Å². The molecule has 0 aliphatic carbocycles. The van der Waals surface area contributed by atoms with E-state index in [0.29, 0.717) is 35.7 Å². The molecule has 0 spiro atoms. The number of H-pyrrole nitrogens is 1. The minimum atomic E-state index is -0.120. The number of hydrogen-bond acceptors (Lipinski definition) is 5. The van der Waals surface area contributed by atoms with Gasteiger partial charge in [0, 0.05) is 0 Å². The molecule has 6 heteroatoms. The molecule has 0 unspecified atom stereocenters. The van der Waals surface area contributed by atoms with Crippen LogP contribution in [0.2, 0.25) is 0 Å². The van der Waals surface area contributed by atoms with Gasteiger partial charge >= 0.3 is 0 Å². The summed E-state index contributed by atoms with van der Waals surface area (Å²) in [5.74, 6) is 1.26. The Bertz CT molecular complexity index is 1030. The maximum absolute atomic E-state index is 12.1. The fourth-order valence-corrected chi connectivity index (χ4v) is 2.74. The standard InChI is InChI=1S/C18H16N4O2/c1-22(11-17-20-14-8-4-5-9-15(14)24-17)10-16-19-13-7-3-2-6-12(13)18(23)21-16/h2-9H,10-11H2,1H3,(H,19,21,23).